The van der Waals surface area contributed by atoms with Gasteiger partial charge < -0.3 is 16.0 Å². The maximum atomic E-state index is 11.9. The Labute approximate surface area is 162 Å². The van der Waals surface area contributed by atoms with E-state index in [1.54, 1.807) is 6.08 Å². The number of hydrogen-bond acceptors (Lipinski definition) is 6. The Balaban J connectivity index is 1.82. The van der Waals surface area contributed by atoms with Crippen LogP contribution >= 0.6 is 23.4 Å². The number of nitrogens with zero attached hydrogens (tertiary/aromatic N) is 1. The van der Waals surface area contributed by atoms with Gasteiger partial charge in [-0.25, -0.2) is 0 Å². The summed E-state index contributed by atoms with van der Waals surface area (Å²) in [5.74, 6) is -0.356. The summed E-state index contributed by atoms with van der Waals surface area (Å²) in [5.41, 5.74) is 7.34. The number of amides is 2. The Morgan fingerprint density at radius 1 is 1.42 bits per heavy atom. The van der Waals surface area contributed by atoms with Gasteiger partial charge in [0.2, 0.25) is 0 Å². The zero-order valence-corrected chi connectivity index (χ0v) is 16.0. The molecule has 0 aromatic heterocycles. The molecule has 26 heavy (non-hydrogen) atoms. The normalized spacial score (nSPS) is 22.2. The number of nitrogens with two attached hydrogens (primary N) is 1. The lowest BCUT2D eigenvalue weighted by molar-refractivity contribution is -0.115. The van der Waals surface area contributed by atoms with Gasteiger partial charge in [-0.2, -0.15) is 0 Å². The lowest BCUT2D eigenvalue weighted by atomic mass is 10.0. The third kappa shape index (κ3) is 4.59. The molecule has 1 atom stereocenters. The van der Waals surface area contributed by atoms with Crippen molar-refractivity contribution < 1.29 is 9.59 Å². The molecule has 2 heterocycles. The van der Waals surface area contributed by atoms with Crippen molar-refractivity contribution in [1.82, 2.24) is 10.6 Å². The van der Waals surface area contributed by atoms with Crippen LogP contribution in [0.15, 0.2) is 23.1 Å². The molecule has 4 N–H and O–H groups in total. The van der Waals surface area contributed by atoms with Gasteiger partial charge in [0.1, 0.15) is 0 Å². The van der Waals surface area contributed by atoms with Crippen LogP contribution in [0.1, 0.15) is 24.8 Å². The zero-order valence-electron chi connectivity index (χ0n) is 14.5. The fraction of sp³-hybridized carbons (Fsp3) is 0.444. The Morgan fingerprint density at radius 3 is 3.00 bits per heavy atom. The summed E-state index contributed by atoms with van der Waals surface area (Å²) in [6.07, 6.45) is 4.89. The molecular weight excluding hydrogens is 372 g/mol. The number of anilines is 1. The summed E-state index contributed by atoms with van der Waals surface area (Å²) in [6.45, 7) is 3.35. The van der Waals surface area contributed by atoms with Crippen LogP contribution in [-0.2, 0) is 4.79 Å². The maximum Gasteiger partial charge on any atom is 0.290 e. The summed E-state index contributed by atoms with van der Waals surface area (Å²) in [6, 6.07) is 6.03. The molecule has 2 fully saturated rings. The van der Waals surface area contributed by atoms with E-state index in [0.717, 1.165) is 61.9 Å². The Kier molecular flexibility index (Phi) is 6.58. The van der Waals surface area contributed by atoms with Crippen LogP contribution in [0.3, 0.4) is 0 Å². The topological polar surface area (TPSA) is 87.5 Å². The SMILES string of the molecule is NCCCNC1CCCN(c2c(Cl)cccc2C=C2SC(=O)NC2=O)C1. The van der Waals surface area contributed by atoms with Crippen LogP contribution in [0.4, 0.5) is 10.5 Å². The molecule has 1 aromatic carbocycles. The van der Waals surface area contributed by atoms with Crippen LogP contribution < -0.4 is 21.3 Å². The van der Waals surface area contributed by atoms with Gasteiger partial charge in [0, 0.05) is 24.7 Å². The fourth-order valence-electron chi connectivity index (χ4n) is 3.30. The number of imide groups is 1. The standard InChI is InChI=1S/C18H23ClN4O2S/c19-14-6-1-4-12(10-15-17(24)22-18(25)26-15)16(14)23-9-2-5-13(11-23)21-8-3-7-20/h1,4,6,10,13,21H,2-3,5,7-9,11,20H2,(H,22,24,25). The maximum absolute atomic E-state index is 11.9. The highest BCUT2D eigenvalue weighted by atomic mass is 35.5. The van der Waals surface area contributed by atoms with Crippen LogP contribution in [0.2, 0.25) is 5.02 Å². The Morgan fingerprint density at radius 2 is 2.27 bits per heavy atom. The molecule has 2 saturated heterocycles. The number of nitrogens with one attached hydrogen (secondary N) is 2. The van der Waals surface area contributed by atoms with Gasteiger partial charge >= 0.3 is 0 Å². The third-order valence-electron chi connectivity index (χ3n) is 4.50. The quantitative estimate of drug-likeness (QED) is 0.507. The molecule has 0 radical (unpaired) electrons. The molecule has 1 unspecified atom stereocenters. The minimum absolute atomic E-state index is 0.341. The van der Waals surface area contributed by atoms with Crippen molar-refractivity contribution in [1.29, 1.82) is 0 Å². The van der Waals surface area contributed by atoms with E-state index in [-0.39, 0.29) is 11.1 Å². The molecule has 0 spiro atoms. The average Bonchev–Trinajstić information content (AvgIpc) is 2.93. The fourth-order valence-corrected chi connectivity index (χ4v) is 4.27. The predicted octanol–water partition coefficient (Wildman–Crippen LogP) is 2.57. The van der Waals surface area contributed by atoms with E-state index in [0.29, 0.717) is 22.5 Å². The van der Waals surface area contributed by atoms with Gasteiger partial charge in [0.25, 0.3) is 11.1 Å². The zero-order chi connectivity index (χ0) is 18.5. The van der Waals surface area contributed by atoms with Crippen LogP contribution in [0, 0.1) is 0 Å². The first-order valence-corrected chi connectivity index (χ1v) is 9.99. The number of hydrogen-bond donors (Lipinski definition) is 3. The largest absolute Gasteiger partial charge is 0.368 e. The number of piperidine rings is 1. The Hall–Kier alpha value is -1.54. The lowest BCUT2D eigenvalue weighted by Gasteiger charge is -2.36. The second-order valence-electron chi connectivity index (χ2n) is 6.41. The van der Waals surface area contributed by atoms with Crippen LogP contribution in [-0.4, -0.2) is 43.4 Å². The van der Waals surface area contributed by atoms with Crippen LogP contribution in [0.5, 0.6) is 0 Å². The smallest absolute Gasteiger partial charge is 0.290 e. The molecular formula is C18H23ClN4O2S. The molecule has 2 aliphatic heterocycles. The number of para-hydroxylation sites is 1. The first-order chi connectivity index (χ1) is 12.6. The van der Waals surface area contributed by atoms with E-state index in [1.807, 2.05) is 18.2 Å². The van der Waals surface area contributed by atoms with Crippen molar-refractivity contribution in [2.75, 3.05) is 31.1 Å². The minimum Gasteiger partial charge on any atom is -0.368 e. The van der Waals surface area contributed by atoms with Crippen molar-refractivity contribution in [3.05, 3.63) is 33.7 Å². The van der Waals surface area contributed by atoms with Crippen molar-refractivity contribution in [3.8, 4) is 0 Å². The average molecular weight is 395 g/mol. The monoisotopic (exact) mass is 394 g/mol. The highest BCUT2D eigenvalue weighted by Gasteiger charge is 2.27. The summed E-state index contributed by atoms with van der Waals surface area (Å²) in [5, 5.41) is 6.15. The molecule has 0 aliphatic carbocycles. The summed E-state index contributed by atoms with van der Waals surface area (Å²) < 4.78 is 0. The Bertz CT molecular complexity index is 725. The molecule has 0 bridgehead atoms. The number of benzene rings is 1. The lowest BCUT2D eigenvalue weighted by Crippen LogP contribution is -2.46. The molecule has 6 nitrogen and oxygen atoms in total. The second kappa shape index (κ2) is 8.90. The number of rotatable bonds is 6. The molecule has 1 aromatic rings. The molecule has 0 saturated carbocycles. The van der Waals surface area contributed by atoms with Gasteiger partial charge in [-0.15, -0.1) is 0 Å². The highest BCUT2D eigenvalue weighted by molar-refractivity contribution is 8.18. The predicted molar refractivity (Wildman–Crippen MR) is 107 cm³/mol. The van der Waals surface area contributed by atoms with Gasteiger partial charge in [-0.05, 0) is 56.3 Å². The summed E-state index contributed by atoms with van der Waals surface area (Å²) in [7, 11) is 0. The van der Waals surface area contributed by atoms with E-state index in [1.165, 1.54) is 0 Å². The molecule has 140 valence electrons. The van der Waals surface area contributed by atoms with Gasteiger partial charge in [-0.1, -0.05) is 23.7 Å². The minimum atomic E-state index is -0.356. The van der Waals surface area contributed by atoms with Crippen molar-refractivity contribution >= 4 is 46.3 Å². The first-order valence-electron chi connectivity index (χ1n) is 8.80. The second-order valence-corrected chi connectivity index (χ2v) is 7.83. The first kappa shape index (κ1) is 19.2. The summed E-state index contributed by atoms with van der Waals surface area (Å²) >= 11 is 7.43. The van der Waals surface area contributed by atoms with Crippen LogP contribution in [0.25, 0.3) is 6.08 Å². The molecule has 3 rings (SSSR count). The van der Waals surface area contributed by atoms with Gasteiger partial charge in [-0.3, -0.25) is 14.9 Å². The number of carbonyl (C=O) groups is 2. The van der Waals surface area contributed by atoms with Crippen molar-refractivity contribution in [2.24, 2.45) is 5.73 Å². The van der Waals surface area contributed by atoms with E-state index in [2.05, 4.69) is 15.5 Å². The molecule has 2 amide bonds. The van der Waals surface area contributed by atoms with E-state index < -0.39 is 0 Å². The van der Waals surface area contributed by atoms with E-state index in [4.69, 9.17) is 17.3 Å². The molecule has 2 aliphatic rings. The highest BCUT2D eigenvalue weighted by Crippen LogP contribution is 2.35. The number of thioether (sulfide) groups is 1. The van der Waals surface area contributed by atoms with Crippen molar-refractivity contribution in [2.45, 2.75) is 25.3 Å². The number of carbonyl (C=O) groups excluding carboxylic acids is 2. The van der Waals surface area contributed by atoms with E-state index >= 15 is 0 Å². The van der Waals surface area contributed by atoms with E-state index in [9.17, 15) is 9.59 Å². The van der Waals surface area contributed by atoms with Gasteiger partial charge in [0.05, 0.1) is 15.6 Å². The van der Waals surface area contributed by atoms with Crippen molar-refractivity contribution in [3.63, 3.8) is 0 Å². The van der Waals surface area contributed by atoms with Gasteiger partial charge in [0.15, 0.2) is 0 Å². The molecule has 8 heteroatoms. The third-order valence-corrected chi connectivity index (χ3v) is 5.61. The summed E-state index contributed by atoms with van der Waals surface area (Å²) in [4.78, 5) is 25.9. The number of halogens is 1.